The van der Waals surface area contributed by atoms with E-state index in [0.717, 1.165) is 11.3 Å². The van der Waals surface area contributed by atoms with E-state index in [2.05, 4.69) is 10.6 Å². The molecule has 2 N–H and O–H groups in total. The van der Waals surface area contributed by atoms with E-state index in [0.29, 0.717) is 23.0 Å². The zero-order valence-electron chi connectivity index (χ0n) is 16.1. The second-order valence-corrected chi connectivity index (χ2v) is 7.74. The maximum atomic E-state index is 12.5. The summed E-state index contributed by atoms with van der Waals surface area (Å²) >= 11 is 5.83. The van der Waals surface area contributed by atoms with Gasteiger partial charge in [0, 0.05) is 10.7 Å². The van der Waals surface area contributed by atoms with Crippen LogP contribution in [-0.2, 0) is 19.1 Å². The minimum absolute atomic E-state index is 0.374. The lowest BCUT2D eigenvalue weighted by atomic mass is 9.92. The molecule has 0 spiro atoms. The van der Waals surface area contributed by atoms with Crippen LogP contribution in [0.25, 0.3) is 0 Å². The van der Waals surface area contributed by atoms with E-state index in [9.17, 15) is 19.2 Å². The normalized spacial score (nSPS) is 19.0. The van der Waals surface area contributed by atoms with Crippen molar-refractivity contribution in [2.24, 2.45) is 5.92 Å². The molecule has 0 aliphatic carbocycles. The summed E-state index contributed by atoms with van der Waals surface area (Å²) in [6.07, 6.45) is 1.23. The Kier molecular flexibility index (Phi) is 7.01. The highest BCUT2D eigenvalue weighted by Gasteiger charge is 2.48. The van der Waals surface area contributed by atoms with Crippen LogP contribution in [0.2, 0.25) is 5.02 Å². The number of hydrogen-bond donors (Lipinski definition) is 2. The molecule has 1 aromatic carbocycles. The summed E-state index contributed by atoms with van der Waals surface area (Å²) in [6, 6.07) is 5.86. The number of esters is 1. The van der Waals surface area contributed by atoms with Crippen LogP contribution in [0, 0.1) is 5.92 Å². The number of urea groups is 1. The van der Waals surface area contributed by atoms with Gasteiger partial charge in [0.05, 0.1) is 0 Å². The Morgan fingerprint density at radius 1 is 1.32 bits per heavy atom. The summed E-state index contributed by atoms with van der Waals surface area (Å²) < 4.78 is 4.87. The standard InChI is InChI=1S/C19H24ClN3O5/c1-12(2)7-8-19(3)17(26)23(18(27)22-19)10-16(25)28-11-15(24)21-14-6-4-5-13(20)9-14/h4-6,9,12H,7-8,10-11H2,1-3H3,(H,21,24)(H,22,27)/t19-/m1/s1. The Morgan fingerprint density at radius 2 is 2.04 bits per heavy atom. The van der Waals surface area contributed by atoms with Crippen molar-refractivity contribution in [2.45, 2.75) is 39.2 Å². The minimum atomic E-state index is -1.04. The van der Waals surface area contributed by atoms with E-state index < -0.39 is 42.5 Å². The molecule has 152 valence electrons. The third-order valence-electron chi connectivity index (χ3n) is 4.33. The van der Waals surface area contributed by atoms with Crippen molar-refractivity contribution in [2.75, 3.05) is 18.5 Å². The van der Waals surface area contributed by atoms with E-state index in [1.54, 1.807) is 31.2 Å². The summed E-state index contributed by atoms with van der Waals surface area (Å²) in [4.78, 5) is 49.3. The van der Waals surface area contributed by atoms with E-state index in [1.807, 2.05) is 13.8 Å². The molecule has 1 fully saturated rings. The largest absolute Gasteiger partial charge is 0.454 e. The first kappa shape index (κ1) is 21.7. The second-order valence-electron chi connectivity index (χ2n) is 7.31. The summed E-state index contributed by atoms with van der Waals surface area (Å²) in [7, 11) is 0. The first-order valence-electron chi connectivity index (χ1n) is 8.96. The molecule has 1 atom stereocenters. The smallest absolute Gasteiger partial charge is 0.326 e. The molecular formula is C19H24ClN3O5. The van der Waals surface area contributed by atoms with E-state index in [-0.39, 0.29) is 0 Å². The van der Waals surface area contributed by atoms with Crippen LogP contribution in [0.15, 0.2) is 24.3 Å². The zero-order chi connectivity index (χ0) is 20.9. The lowest BCUT2D eigenvalue weighted by molar-refractivity contribution is -0.150. The molecule has 0 unspecified atom stereocenters. The van der Waals surface area contributed by atoms with Crippen LogP contribution in [0.4, 0.5) is 10.5 Å². The lowest BCUT2D eigenvalue weighted by Gasteiger charge is -2.22. The van der Waals surface area contributed by atoms with Gasteiger partial charge < -0.3 is 15.4 Å². The number of ether oxygens (including phenoxy) is 1. The molecule has 1 saturated heterocycles. The maximum Gasteiger partial charge on any atom is 0.326 e. The Bertz CT molecular complexity index is 783. The number of carbonyl (C=O) groups is 4. The van der Waals surface area contributed by atoms with E-state index in [1.165, 1.54) is 0 Å². The third-order valence-corrected chi connectivity index (χ3v) is 4.56. The van der Waals surface area contributed by atoms with Crippen molar-refractivity contribution >= 4 is 41.1 Å². The Balaban J connectivity index is 1.84. The minimum Gasteiger partial charge on any atom is -0.454 e. The van der Waals surface area contributed by atoms with Crippen LogP contribution in [0.1, 0.15) is 33.6 Å². The molecule has 1 aromatic rings. The van der Waals surface area contributed by atoms with E-state index >= 15 is 0 Å². The highest BCUT2D eigenvalue weighted by Crippen LogP contribution is 2.24. The highest BCUT2D eigenvalue weighted by atomic mass is 35.5. The van der Waals surface area contributed by atoms with Crippen molar-refractivity contribution < 1.29 is 23.9 Å². The highest BCUT2D eigenvalue weighted by molar-refractivity contribution is 6.30. The predicted molar refractivity (Wildman–Crippen MR) is 104 cm³/mol. The van der Waals surface area contributed by atoms with Gasteiger partial charge in [-0.15, -0.1) is 0 Å². The molecule has 2 rings (SSSR count). The summed E-state index contributed by atoms with van der Waals surface area (Å²) in [5.41, 5.74) is -0.574. The third kappa shape index (κ3) is 5.69. The monoisotopic (exact) mass is 409 g/mol. The maximum absolute atomic E-state index is 12.5. The van der Waals surface area contributed by atoms with Gasteiger partial charge >= 0.3 is 12.0 Å². The number of nitrogens with one attached hydrogen (secondary N) is 2. The van der Waals surface area contributed by atoms with Crippen molar-refractivity contribution in [1.82, 2.24) is 10.2 Å². The van der Waals surface area contributed by atoms with Gasteiger partial charge in [0.1, 0.15) is 12.1 Å². The quantitative estimate of drug-likeness (QED) is 0.507. The van der Waals surface area contributed by atoms with Gasteiger partial charge in [-0.1, -0.05) is 31.5 Å². The number of benzene rings is 1. The molecule has 1 aliphatic rings. The lowest BCUT2D eigenvalue weighted by Crippen LogP contribution is -2.44. The molecule has 0 aromatic heterocycles. The molecule has 1 heterocycles. The fourth-order valence-corrected chi connectivity index (χ4v) is 2.91. The second kappa shape index (κ2) is 9.05. The number of hydrogen-bond acceptors (Lipinski definition) is 5. The Labute approximate surface area is 168 Å². The average molecular weight is 410 g/mol. The number of carbonyl (C=O) groups excluding carboxylic acids is 4. The molecule has 0 bridgehead atoms. The van der Waals surface area contributed by atoms with E-state index in [4.69, 9.17) is 16.3 Å². The summed E-state index contributed by atoms with van der Waals surface area (Å²) in [6.45, 7) is 4.59. The number of amides is 4. The summed E-state index contributed by atoms with van der Waals surface area (Å²) in [5, 5.41) is 5.61. The molecule has 28 heavy (non-hydrogen) atoms. The zero-order valence-corrected chi connectivity index (χ0v) is 16.8. The first-order valence-corrected chi connectivity index (χ1v) is 9.33. The summed E-state index contributed by atoms with van der Waals surface area (Å²) in [5.74, 6) is -1.51. The molecule has 0 radical (unpaired) electrons. The van der Waals surface area contributed by atoms with Crippen LogP contribution in [-0.4, -0.2) is 47.4 Å². The number of halogens is 1. The van der Waals surface area contributed by atoms with Gasteiger partial charge in [0.25, 0.3) is 11.8 Å². The van der Waals surface area contributed by atoms with Gasteiger partial charge in [0.2, 0.25) is 0 Å². The van der Waals surface area contributed by atoms with Crippen LogP contribution >= 0.6 is 11.6 Å². The SMILES string of the molecule is CC(C)CC[C@@]1(C)NC(=O)N(CC(=O)OCC(=O)Nc2cccc(Cl)c2)C1=O. The molecule has 4 amide bonds. The number of nitrogens with zero attached hydrogens (tertiary/aromatic N) is 1. The topological polar surface area (TPSA) is 105 Å². The Morgan fingerprint density at radius 3 is 2.68 bits per heavy atom. The number of anilines is 1. The van der Waals surface area contributed by atoms with Gasteiger partial charge in [-0.25, -0.2) is 4.79 Å². The molecular weight excluding hydrogens is 386 g/mol. The van der Waals surface area contributed by atoms with Crippen molar-refractivity contribution in [3.05, 3.63) is 29.3 Å². The Hall–Kier alpha value is -2.61. The van der Waals surface area contributed by atoms with Crippen LogP contribution in [0.5, 0.6) is 0 Å². The van der Waals surface area contributed by atoms with Gasteiger partial charge in [-0.2, -0.15) is 0 Å². The predicted octanol–water partition coefficient (Wildman–Crippen LogP) is 2.57. The number of imide groups is 1. The fraction of sp³-hybridized carbons (Fsp3) is 0.474. The molecule has 0 saturated carbocycles. The van der Waals surface area contributed by atoms with Crippen molar-refractivity contribution in [1.29, 1.82) is 0 Å². The van der Waals surface area contributed by atoms with Gasteiger partial charge in [0.15, 0.2) is 6.61 Å². The fourth-order valence-electron chi connectivity index (χ4n) is 2.72. The molecule has 1 aliphatic heterocycles. The average Bonchev–Trinajstić information content (AvgIpc) is 2.82. The van der Waals surface area contributed by atoms with Gasteiger partial charge in [-0.3, -0.25) is 19.3 Å². The van der Waals surface area contributed by atoms with Crippen LogP contribution in [0.3, 0.4) is 0 Å². The molecule has 9 heteroatoms. The number of rotatable bonds is 8. The molecule has 8 nitrogen and oxygen atoms in total. The van der Waals surface area contributed by atoms with Crippen LogP contribution < -0.4 is 10.6 Å². The first-order chi connectivity index (χ1) is 13.1. The van der Waals surface area contributed by atoms with Crippen molar-refractivity contribution in [3.63, 3.8) is 0 Å². The van der Waals surface area contributed by atoms with Crippen molar-refractivity contribution in [3.8, 4) is 0 Å². The van der Waals surface area contributed by atoms with Gasteiger partial charge in [-0.05, 0) is 43.9 Å².